The quantitative estimate of drug-likeness (QED) is 0.425. The normalized spacial score (nSPS) is 12.6. The lowest BCUT2D eigenvalue weighted by Gasteiger charge is -2.19. The minimum Gasteiger partial charge on any atom is -0.361 e. The zero-order valence-corrected chi connectivity index (χ0v) is 15.3. The second-order valence-corrected chi connectivity index (χ2v) is 6.27. The van der Waals surface area contributed by atoms with E-state index in [9.17, 15) is 22.7 Å². The number of aliphatic hydroxyl groups excluding tert-OH is 1. The predicted octanol–water partition coefficient (Wildman–Crippen LogP) is 4.09. The molecule has 152 valence electrons. The number of rotatable bonds is 6. The third-order valence-electron chi connectivity index (χ3n) is 4.11. The fourth-order valence-electron chi connectivity index (χ4n) is 2.78. The van der Waals surface area contributed by atoms with Gasteiger partial charge in [-0.1, -0.05) is 30.3 Å². The molecule has 0 bridgehead atoms. The van der Waals surface area contributed by atoms with Gasteiger partial charge in [0.2, 0.25) is 0 Å². The molecule has 0 fully saturated rings. The zero-order chi connectivity index (χ0) is 21.0. The maximum absolute atomic E-state index is 13.4. The Morgan fingerprint density at radius 3 is 2.52 bits per heavy atom. The molecule has 5 nitrogen and oxygen atoms in total. The summed E-state index contributed by atoms with van der Waals surface area (Å²) in [7, 11) is 0. The minimum absolute atomic E-state index is 0.318. The fourth-order valence-corrected chi connectivity index (χ4v) is 2.78. The number of alkyl halides is 3. The van der Waals surface area contributed by atoms with E-state index in [0.29, 0.717) is 23.3 Å². The van der Waals surface area contributed by atoms with Crippen molar-refractivity contribution in [1.29, 1.82) is 0 Å². The molecule has 0 amide bonds. The number of aliphatic hydroxyl groups is 1. The largest absolute Gasteiger partial charge is 0.416 e. The summed E-state index contributed by atoms with van der Waals surface area (Å²) in [6.45, 7) is 1.31. The van der Waals surface area contributed by atoms with Gasteiger partial charge >= 0.3 is 6.18 Å². The molecular weight excluding hydrogens is 388 g/mol. The average molecular weight is 406 g/mol. The van der Waals surface area contributed by atoms with Gasteiger partial charge in [-0.15, -0.1) is 0 Å². The molecule has 3 rings (SSSR count). The van der Waals surface area contributed by atoms with Crippen LogP contribution in [0.2, 0.25) is 0 Å². The molecule has 1 aromatic heterocycles. The maximum atomic E-state index is 13.4. The SMILES string of the molecule is Cc1ncc(NC(O)NCc2cc(F)ccc2C(F)(F)F)c(-c2ccccc2)n1. The molecule has 2 aromatic carbocycles. The molecule has 0 saturated heterocycles. The van der Waals surface area contributed by atoms with Crippen LogP contribution in [0, 0.1) is 12.7 Å². The van der Waals surface area contributed by atoms with Gasteiger partial charge < -0.3 is 10.4 Å². The molecule has 1 atom stereocenters. The molecule has 0 saturated carbocycles. The van der Waals surface area contributed by atoms with Gasteiger partial charge in [-0.05, 0) is 30.7 Å². The van der Waals surface area contributed by atoms with E-state index in [1.165, 1.54) is 6.20 Å². The minimum atomic E-state index is -4.63. The highest BCUT2D eigenvalue weighted by Gasteiger charge is 2.33. The number of hydrogen-bond donors (Lipinski definition) is 3. The molecule has 0 radical (unpaired) electrons. The maximum Gasteiger partial charge on any atom is 0.416 e. The summed E-state index contributed by atoms with van der Waals surface area (Å²) in [5, 5.41) is 15.4. The summed E-state index contributed by atoms with van der Waals surface area (Å²) in [5.41, 5.74) is 0.402. The van der Waals surface area contributed by atoms with Crippen molar-refractivity contribution in [3.8, 4) is 11.3 Å². The molecule has 29 heavy (non-hydrogen) atoms. The average Bonchev–Trinajstić information content (AvgIpc) is 2.67. The van der Waals surface area contributed by atoms with Crippen molar-refractivity contribution in [1.82, 2.24) is 15.3 Å². The van der Waals surface area contributed by atoms with Gasteiger partial charge in [-0.3, -0.25) is 5.32 Å². The van der Waals surface area contributed by atoms with Crippen molar-refractivity contribution < 1.29 is 22.7 Å². The first-order valence-corrected chi connectivity index (χ1v) is 8.66. The van der Waals surface area contributed by atoms with E-state index < -0.39 is 30.5 Å². The Balaban J connectivity index is 1.76. The van der Waals surface area contributed by atoms with Crippen molar-refractivity contribution in [2.24, 2.45) is 0 Å². The summed E-state index contributed by atoms with van der Waals surface area (Å²) in [6.07, 6.45) is -4.58. The van der Waals surface area contributed by atoms with E-state index in [0.717, 1.165) is 17.7 Å². The van der Waals surface area contributed by atoms with Crippen molar-refractivity contribution >= 4 is 5.69 Å². The Kier molecular flexibility index (Phi) is 6.09. The number of halogens is 4. The third kappa shape index (κ3) is 5.27. The molecule has 1 heterocycles. The summed E-state index contributed by atoms with van der Waals surface area (Å²) in [6, 6.07) is 11.4. The molecule has 3 N–H and O–H groups in total. The lowest BCUT2D eigenvalue weighted by molar-refractivity contribution is -0.138. The zero-order valence-electron chi connectivity index (χ0n) is 15.3. The smallest absolute Gasteiger partial charge is 0.361 e. The lowest BCUT2D eigenvalue weighted by Crippen LogP contribution is -2.36. The first-order chi connectivity index (χ1) is 13.7. The second kappa shape index (κ2) is 8.54. The molecule has 1 unspecified atom stereocenters. The topological polar surface area (TPSA) is 70.1 Å². The summed E-state index contributed by atoms with van der Waals surface area (Å²) >= 11 is 0. The molecule has 0 aliphatic heterocycles. The van der Waals surface area contributed by atoms with Crippen LogP contribution in [0.15, 0.2) is 54.7 Å². The van der Waals surface area contributed by atoms with Crippen LogP contribution in [-0.4, -0.2) is 21.4 Å². The van der Waals surface area contributed by atoms with E-state index in [1.807, 2.05) is 30.3 Å². The Morgan fingerprint density at radius 1 is 1.10 bits per heavy atom. The second-order valence-electron chi connectivity index (χ2n) is 6.27. The van der Waals surface area contributed by atoms with Crippen molar-refractivity contribution in [2.75, 3.05) is 5.32 Å². The summed E-state index contributed by atoms with van der Waals surface area (Å²) < 4.78 is 52.7. The predicted molar refractivity (Wildman–Crippen MR) is 100 cm³/mol. The van der Waals surface area contributed by atoms with Crippen LogP contribution >= 0.6 is 0 Å². The molecule has 0 aliphatic rings. The number of aromatic nitrogens is 2. The van der Waals surface area contributed by atoms with Crippen LogP contribution in [0.5, 0.6) is 0 Å². The number of anilines is 1. The number of nitrogens with one attached hydrogen (secondary N) is 2. The molecule has 0 aliphatic carbocycles. The van der Waals surface area contributed by atoms with E-state index in [2.05, 4.69) is 20.6 Å². The number of aryl methyl sites for hydroxylation is 1. The standard InChI is InChI=1S/C20H18F4N4O/c1-12-25-11-17(18(27-12)13-5-3-2-4-6-13)28-19(29)26-10-14-9-15(21)7-8-16(14)20(22,23)24/h2-9,11,19,26,28-29H,10H2,1H3. The van der Waals surface area contributed by atoms with Gasteiger partial charge in [0, 0.05) is 12.1 Å². The molecule has 3 aromatic rings. The third-order valence-corrected chi connectivity index (χ3v) is 4.11. The summed E-state index contributed by atoms with van der Waals surface area (Å²) in [5.74, 6) is -0.276. The van der Waals surface area contributed by atoms with Gasteiger partial charge in [0.1, 0.15) is 11.6 Å². The molecule has 9 heteroatoms. The van der Waals surface area contributed by atoms with E-state index in [4.69, 9.17) is 0 Å². The van der Waals surface area contributed by atoms with E-state index >= 15 is 0 Å². The Morgan fingerprint density at radius 2 is 1.83 bits per heavy atom. The molecular formula is C20H18F4N4O. The molecule has 0 spiro atoms. The van der Waals surface area contributed by atoms with Gasteiger partial charge in [0.25, 0.3) is 0 Å². The first-order valence-electron chi connectivity index (χ1n) is 8.66. The highest BCUT2D eigenvalue weighted by molar-refractivity contribution is 5.73. The van der Waals surface area contributed by atoms with Crippen LogP contribution in [0.3, 0.4) is 0 Å². The number of nitrogens with zero attached hydrogens (tertiary/aromatic N) is 2. The Labute approximate surface area is 164 Å². The summed E-state index contributed by atoms with van der Waals surface area (Å²) in [4.78, 5) is 8.45. The van der Waals surface area contributed by atoms with Crippen LogP contribution < -0.4 is 10.6 Å². The monoisotopic (exact) mass is 406 g/mol. The first kappa shape index (κ1) is 20.7. The van der Waals surface area contributed by atoms with E-state index in [-0.39, 0.29) is 5.56 Å². The van der Waals surface area contributed by atoms with Crippen LogP contribution in [0.25, 0.3) is 11.3 Å². The fraction of sp³-hybridized carbons (Fsp3) is 0.200. The van der Waals surface area contributed by atoms with Crippen LogP contribution in [0.1, 0.15) is 17.0 Å². The van der Waals surface area contributed by atoms with Gasteiger partial charge in [0.05, 0.1) is 23.1 Å². The number of hydrogen-bond acceptors (Lipinski definition) is 5. The van der Waals surface area contributed by atoms with Crippen molar-refractivity contribution in [2.45, 2.75) is 26.0 Å². The van der Waals surface area contributed by atoms with Crippen molar-refractivity contribution in [3.05, 3.63) is 77.5 Å². The van der Waals surface area contributed by atoms with Crippen molar-refractivity contribution in [3.63, 3.8) is 0 Å². The van der Waals surface area contributed by atoms with Gasteiger partial charge in [-0.2, -0.15) is 13.2 Å². The Hall–Kier alpha value is -3.04. The van der Waals surface area contributed by atoms with Gasteiger partial charge in [0.15, 0.2) is 6.35 Å². The van der Waals surface area contributed by atoms with E-state index in [1.54, 1.807) is 6.92 Å². The number of benzene rings is 2. The van der Waals surface area contributed by atoms with Crippen LogP contribution in [-0.2, 0) is 12.7 Å². The highest BCUT2D eigenvalue weighted by atomic mass is 19.4. The van der Waals surface area contributed by atoms with Gasteiger partial charge in [-0.25, -0.2) is 14.4 Å². The van der Waals surface area contributed by atoms with Crippen LogP contribution in [0.4, 0.5) is 23.2 Å². The highest BCUT2D eigenvalue weighted by Crippen LogP contribution is 2.32. The Bertz CT molecular complexity index is 980. The lowest BCUT2D eigenvalue weighted by atomic mass is 10.1.